The Morgan fingerprint density at radius 3 is 2.58 bits per heavy atom. The molecule has 0 unspecified atom stereocenters. The van der Waals surface area contributed by atoms with Gasteiger partial charge in [0.25, 0.3) is 0 Å². The highest BCUT2D eigenvalue weighted by molar-refractivity contribution is 5.93. The zero-order valence-corrected chi connectivity index (χ0v) is 12.2. The van der Waals surface area contributed by atoms with Crippen molar-refractivity contribution in [2.24, 2.45) is 5.73 Å². The molecule has 0 atom stereocenters. The van der Waals surface area contributed by atoms with Crippen LogP contribution in [0.15, 0.2) is 47.4 Å². The fourth-order valence-corrected chi connectivity index (χ4v) is 2.48. The summed E-state index contributed by atoms with van der Waals surface area (Å²) >= 11 is 0. The maximum absolute atomic E-state index is 11.3. The molecule has 3 heterocycles. The van der Waals surface area contributed by atoms with Crippen LogP contribution in [0.3, 0.4) is 0 Å². The van der Waals surface area contributed by atoms with Crippen LogP contribution in [0.25, 0.3) is 28.2 Å². The number of benzene rings is 1. The van der Waals surface area contributed by atoms with Gasteiger partial charge in [0, 0.05) is 17.4 Å². The highest BCUT2D eigenvalue weighted by Gasteiger charge is 2.20. The van der Waals surface area contributed by atoms with Gasteiger partial charge in [0.1, 0.15) is 5.52 Å². The minimum atomic E-state index is -0.494. The Balaban J connectivity index is 1.99. The molecule has 0 bridgehead atoms. The molecule has 1 aromatic carbocycles. The van der Waals surface area contributed by atoms with Crippen molar-refractivity contribution in [1.29, 1.82) is 0 Å². The minimum Gasteiger partial charge on any atom is -0.379 e. The molecule has 0 saturated carbocycles. The third-order valence-electron chi connectivity index (χ3n) is 3.59. The number of rotatable bonds is 3. The number of aromatic nitrogens is 5. The van der Waals surface area contributed by atoms with Crippen molar-refractivity contribution in [3.8, 4) is 17.2 Å². The van der Waals surface area contributed by atoms with E-state index in [1.165, 1.54) is 0 Å². The lowest BCUT2D eigenvalue weighted by Crippen LogP contribution is -2.10. The van der Waals surface area contributed by atoms with Crippen LogP contribution >= 0.6 is 0 Å². The summed E-state index contributed by atoms with van der Waals surface area (Å²) in [5.41, 5.74) is 14.0. The Kier molecular flexibility index (Phi) is 2.98. The quantitative estimate of drug-likeness (QED) is 0.577. The van der Waals surface area contributed by atoms with Gasteiger partial charge < -0.3 is 11.5 Å². The summed E-state index contributed by atoms with van der Waals surface area (Å²) in [4.78, 5) is 19.8. The number of nitrogens with zero attached hydrogens (tertiary/aromatic N) is 5. The Morgan fingerprint density at radius 2 is 1.92 bits per heavy atom. The number of carbonyl (C=O) groups excluding carboxylic acids is 1. The number of hydrogen-bond acceptors (Lipinski definition) is 7. The molecule has 0 aliphatic carbocycles. The smallest absolute Gasteiger partial charge is 0.248 e. The predicted octanol–water partition coefficient (Wildman–Crippen LogP) is 1.15. The van der Waals surface area contributed by atoms with E-state index in [1.54, 1.807) is 36.7 Å². The van der Waals surface area contributed by atoms with Crippen LogP contribution in [0.4, 0.5) is 5.82 Å². The molecule has 0 aliphatic rings. The number of nitrogen functional groups attached to an aromatic ring is 1. The lowest BCUT2D eigenvalue weighted by atomic mass is 10.2. The van der Waals surface area contributed by atoms with Crippen LogP contribution in [0.2, 0.25) is 0 Å². The van der Waals surface area contributed by atoms with Crippen LogP contribution < -0.4 is 11.5 Å². The SMILES string of the molecule is NC(=O)c1ccc(-n2c(-c3nonc3N)nc3cnccc32)cc1. The molecule has 4 aromatic rings. The molecule has 0 spiro atoms. The van der Waals surface area contributed by atoms with E-state index < -0.39 is 5.91 Å². The second kappa shape index (κ2) is 5.16. The number of amides is 1. The first-order valence-corrected chi connectivity index (χ1v) is 6.96. The lowest BCUT2D eigenvalue weighted by molar-refractivity contribution is 0.100. The third-order valence-corrected chi connectivity index (χ3v) is 3.59. The standard InChI is InChI=1S/C15H11N7O2/c16-13-12(20-24-21-13)15-19-10-7-18-6-5-11(10)22(15)9-3-1-8(2-4-9)14(17)23/h1-7H,(H2,16,21)(H2,17,23). The maximum atomic E-state index is 11.3. The van der Waals surface area contributed by atoms with Crippen molar-refractivity contribution in [3.05, 3.63) is 48.3 Å². The summed E-state index contributed by atoms with van der Waals surface area (Å²) in [6.45, 7) is 0. The average molecular weight is 321 g/mol. The Hall–Kier alpha value is -3.75. The maximum Gasteiger partial charge on any atom is 0.248 e. The first-order valence-electron chi connectivity index (χ1n) is 6.96. The Morgan fingerprint density at radius 1 is 1.12 bits per heavy atom. The first kappa shape index (κ1) is 13.9. The fourth-order valence-electron chi connectivity index (χ4n) is 2.48. The van der Waals surface area contributed by atoms with E-state index in [0.29, 0.717) is 22.6 Å². The van der Waals surface area contributed by atoms with Crippen LogP contribution in [-0.4, -0.2) is 30.8 Å². The van der Waals surface area contributed by atoms with E-state index in [0.717, 1.165) is 11.2 Å². The Labute approximate surface area is 134 Å². The van der Waals surface area contributed by atoms with Crippen molar-refractivity contribution in [2.75, 3.05) is 5.73 Å². The van der Waals surface area contributed by atoms with E-state index in [1.807, 2.05) is 10.6 Å². The van der Waals surface area contributed by atoms with E-state index >= 15 is 0 Å². The number of imidazole rings is 1. The number of fused-ring (bicyclic) bond motifs is 1. The van der Waals surface area contributed by atoms with Gasteiger partial charge in [-0.1, -0.05) is 0 Å². The summed E-state index contributed by atoms with van der Waals surface area (Å²) in [6, 6.07) is 8.61. The summed E-state index contributed by atoms with van der Waals surface area (Å²) in [5, 5.41) is 7.42. The van der Waals surface area contributed by atoms with E-state index in [2.05, 4.69) is 24.9 Å². The Bertz CT molecular complexity index is 1050. The molecule has 0 fully saturated rings. The molecule has 4 rings (SSSR count). The molecule has 118 valence electrons. The van der Waals surface area contributed by atoms with Crippen molar-refractivity contribution in [3.63, 3.8) is 0 Å². The molecule has 1 amide bonds. The lowest BCUT2D eigenvalue weighted by Gasteiger charge is -2.08. The monoisotopic (exact) mass is 321 g/mol. The van der Waals surface area contributed by atoms with Gasteiger partial charge in [-0.15, -0.1) is 0 Å². The molecule has 0 aliphatic heterocycles. The zero-order chi connectivity index (χ0) is 16.7. The summed E-state index contributed by atoms with van der Waals surface area (Å²) in [7, 11) is 0. The number of anilines is 1. The topological polar surface area (TPSA) is 139 Å². The summed E-state index contributed by atoms with van der Waals surface area (Å²) in [6.07, 6.45) is 3.29. The average Bonchev–Trinajstić information content (AvgIpc) is 3.17. The van der Waals surface area contributed by atoms with Crippen molar-refractivity contribution >= 4 is 22.8 Å². The van der Waals surface area contributed by atoms with Crippen LogP contribution in [-0.2, 0) is 0 Å². The second-order valence-corrected chi connectivity index (χ2v) is 5.04. The third kappa shape index (κ3) is 2.07. The van der Waals surface area contributed by atoms with E-state index in [9.17, 15) is 4.79 Å². The van der Waals surface area contributed by atoms with Crippen molar-refractivity contribution < 1.29 is 9.42 Å². The zero-order valence-electron chi connectivity index (χ0n) is 12.2. The highest BCUT2D eigenvalue weighted by Crippen LogP contribution is 2.29. The number of carbonyl (C=O) groups is 1. The molecular formula is C15H11N7O2. The number of pyridine rings is 1. The van der Waals surface area contributed by atoms with Crippen molar-refractivity contribution in [2.45, 2.75) is 0 Å². The fraction of sp³-hybridized carbons (Fsp3) is 0. The molecule has 3 aromatic heterocycles. The van der Waals surface area contributed by atoms with Gasteiger partial charge in [0.05, 0.1) is 11.7 Å². The van der Waals surface area contributed by atoms with Gasteiger partial charge in [0.2, 0.25) is 5.91 Å². The number of primary amides is 1. The van der Waals surface area contributed by atoms with Gasteiger partial charge in [-0.3, -0.25) is 14.3 Å². The molecule has 24 heavy (non-hydrogen) atoms. The molecule has 9 heteroatoms. The first-order chi connectivity index (χ1) is 11.6. The number of hydrogen-bond donors (Lipinski definition) is 2. The molecule has 4 N–H and O–H groups in total. The van der Waals surface area contributed by atoms with E-state index in [-0.39, 0.29) is 5.82 Å². The van der Waals surface area contributed by atoms with Gasteiger partial charge in [-0.2, -0.15) is 0 Å². The van der Waals surface area contributed by atoms with Crippen LogP contribution in [0.1, 0.15) is 10.4 Å². The van der Waals surface area contributed by atoms with Gasteiger partial charge in [0.15, 0.2) is 17.3 Å². The minimum absolute atomic E-state index is 0.133. The van der Waals surface area contributed by atoms with Gasteiger partial charge >= 0.3 is 0 Å². The normalized spacial score (nSPS) is 11.0. The number of nitrogens with two attached hydrogens (primary N) is 2. The molecule has 9 nitrogen and oxygen atoms in total. The molecular weight excluding hydrogens is 310 g/mol. The van der Waals surface area contributed by atoms with Crippen LogP contribution in [0, 0.1) is 0 Å². The van der Waals surface area contributed by atoms with Crippen molar-refractivity contribution in [1.82, 2.24) is 24.8 Å². The van der Waals surface area contributed by atoms with Gasteiger partial charge in [-0.05, 0) is 40.6 Å². The summed E-state index contributed by atoms with van der Waals surface area (Å²) in [5.74, 6) is 0.100. The largest absolute Gasteiger partial charge is 0.379 e. The van der Waals surface area contributed by atoms with Gasteiger partial charge in [-0.25, -0.2) is 9.61 Å². The van der Waals surface area contributed by atoms with E-state index in [4.69, 9.17) is 11.5 Å². The highest BCUT2D eigenvalue weighted by atomic mass is 16.6. The summed E-state index contributed by atoms with van der Waals surface area (Å²) < 4.78 is 6.51. The second-order valence-electron chi connectivity index (χ2n) is 5.04. The van der Waals surface area contributed by atoms with Crippen LogP contribution in [0.5, 0.6) is 0 Å². The predicted molar refractivity (Wildman–Crippen MR) is 85.1 cm³/mol. The molecule has 0 saturated heterocycles. The molecule has 0 radical (unpaired) electrons.